The molecular formula is C28H22N4O4. The van der Waals surface area contributed by atoms with Crippen molar-refractivity contribution < 1.29 is 19.2 Å². The van der Waals surface area contributed by atoms with Gasteiger partial charge in [-0.1, -0.05) is 78.6 Å². The number of carbonyl (C=O) groups excluding carboxylic acids is 4. The molecular weight excluding hydrogens is 456 g/mol. The Morgan fingerprint density at radius 2 is 1.56 bits per heavy atom. The number of benzene rings is 2. The average molecular weight is 479 g/mol. The molecule has 0 bridgehead atoms. The molecule has 178 valence electrons. The second-order valence-electron chi connectivity index (χ2n) is 7.76. The van der Waals surface area contributed by atoms with Crippen LogP contribution in [0.3, 0.4) is 0 Å². The van der Waals surface area contributed by atoms with Gasteiger partial charge in [0.2, 0.25) is 5.91 Å². The molecule has 5 amide bonds. The summed E-state index contributed by atoms with van der Waals surface area (Å²) in [5.74, 6) is 3.19. The molecule has 0 spiro atoms. The molecule has 1 fully saturated rings. The zero-order valence-corrected chi connectivity index (χ0v) is 19.2. The number of imide groups is 2. The number of nitrogens with one attached hydrogen (secondary N) is 1. The summed E-state index contributed by atoms with van der Waals surface area (Å²) in [6.07, 6.45) is 6.24. The molecule has 8 nitrogen and oxygen atoms in total. The first kappa shape index (κ1) is 24.1. The topological polar surface area (TPSA) is 99.7 Å². The number of aromatic nitrogens is 1. The van der Waals surface area contributed by atoms with E-state index in [1.165, 1.54) is 6.08 Å². The SMILES string of the molecule is O=C(/C=C/c1cccnc1)NCC#CCN1C(=O)C(=O)N(C(c2ccccc2)c2ccccc2)C1=O. The van der Waals surface area contributed by atoms with Crippen molar-refractivity contribution >= 4 is 29.8 Å². The number of pyridine rings is 1. The number of urea groups is 1. The van der Waals surface area contributed by atoms with E-state index in [0.717, 1.165) is 15.4 Å². The minimum absolute atomic E-state index is 0.0146. The Hall–Kier alpha value is -5.03. The lowest BCUT2D eigenvalue weighted by Crippen LogP contribution is -2.37. The molecule has 8 heteroatoms. The van der Waals surface area contributed by atoms with Crippen LogP contribution in [0.15, 0.2) is 91.3 Å². The number of hydrogen-bond donors (Lipinski definition) is 1. The molecule has 0 aliphatic carbocycles. The van der Waals surface area contributed by atoms with Gasteiger partial charge < -0.3 is 5.32 Å². The number of nitrogens with zero attached hydrogens (tertiary/aromatic N) is 3. The molecule has 1 aliphatic rings. The van der Waals surface area contributed by atoms with Crippen molar-refractivity contribution in [3.8, 4) is 11.8 Å². The molecule has 1 saturated heterocycles. The van der Waals surface area contributed by atoms with Crippen LogP contribution in [-0.4, -0.2) is 51.6 Å². The Labute approximate surface area is 208 Å². The number of amides is 5. The van der Waals surface area contributed by atoms with Gasteiger partial charge in [-0.25, -0.2) is 14.6 Å². The molecule has 2 aromatic carbocycles. The van der Waals surface area contributed by atoms with E-state index in [4.69, 9.17) is 0 Å². The smallest absolute Gasteiger partial charge is 0.335 e. The third-order valence-corrected chi connectivity index (χ3v) is 5.40. The summed E-state index contributed by atoms with van der Waals surface area (Å²) in [6, 6.07) is 20.2. The summed E-state index contributed by atoms with van der Waals surface area (Å²) in [7, 11) is 0. The van der Waals surface area contributed by atoms with Crippen LogP contribution in [0.5, 0.6) is 0 Å². The van der Waals surface area contributed by atoms with E-state index in [2.05, 4.69) is 22.1 Å². The van der Waals surface area contributed by atoms with Gasteiger partial charge in [0.05, 0.1) is 19.1 Å². The fourth-order valence-electron chi connectivity index (χ4n) is 3.68. The fourth-order valence-corrected chi connectivity index (χ4v) is 3.68. The van der Waals surface area contributed by atoms with Gasteiger partial charge in [0, 0.05) is 18.5 Å². The Kier molecular flexibility index (Phi) is 7.63. The summed E-state index contributed by atoms with van der Waals surface area (Å²) in [6.45, 7) is -0.252. The molecule has 0 radical (unpaired) electrons. The molecule has 3 aromatic rings. The molecule has 36 heavy (non-hydrogen) atoms. The number of rotatable bonds is 7. The quantitative estimate of drug-likeness (QED) is 0.244. The highest BCUT2D eigenvalue weighted by Gasteiger charge is 2.48. The van der Waals surface area contributed by atoms with E-state index in [0.29, 0.717) is 11.1 Å². The normalized spacial score (nSPS) is 13.3. The zero-order chi connectivity index (χ0) is 25.3. The first-order chi connectivity index (χ1) is 17.6. The van der Waals surface area contributed by atoms with Crippen LogP contribution >= 0.6 is 0 Å². The van der Waals surface area contributed by atoms with Gasteiger partial charge in [-0.3, -0.25) is 19.4 Å². The molecule has 0 unspecified atom stereocenters. The monoisotopic (exact) mass is 478 g/mol. The van der Waals surface area contributed by atoms with Gasteiger partial charge in [-0.15, -0.1) is 0 Å². The highest BCUT2D eigenvalue weighted by atomic mass is 16.2. The van der Waals surface area contributed by atoms with Crippen molar-refractivity contribution in [1.29, 1.82) is 0 Å². The van der Waals surface area contributed by atoms with Gasteiger partial charge >= 0.3 is 17.8 Å². The van der Waals surface area contributed by atoms with Crippen molar-refractivity contribution in [3.05, 3.63) is 108 Å². The van der Waals surface area contributed by atoms with Gasteiger partial charge in [0.15, 0.2) is 0 Å². The maximum absolute atomic E-state index is 13.2. The van der Waals surface area contributed by atoms with Crippen molar-refractivity contribution in [2.24, 2.45) is 0 Å². The molecule has 0 atom stereocenters. The molecule has 0 saturated carbocycles. The minimum Gasteiger partial charge on any atom is -0.342 e. The van der Waals surface area contributed by atoms with Gasteiger partial charge in [0.1, 0.15) is 0 Å². The average Bonchev–Trinajstić information content (AvgIpc) is 3.12. The van der Waals surface area contributed by atoms with Crippen molar-refractivity contribution in [3.63, 3.8) is 0 Å². The standard InChI is InChI=1S/C28H22N4O4/c33-24(16-15-21-10-9-17-29-20-21)30-18-7-8-19-31-26(34)27(35)32(28(31)36)25(22-11-3-1-4-12-22)23-13-5-2-6-14-23/h1-6,9-17,20,25H,18-19H2,(H,30,33)/b16-15+. The summed E-state index contributed by atoms with van der Waals surface area (Å²) in [4.78, 5) is 56.4. The molecule has 1 N–H and O–H groups in total. The van der Waals surface area contributed by atoms with Gasteiger partial charge in [0.25, 0.3) is 0 Å². The van der Waals surface area contributed by atoms with E-state index in [1.807, 2.05) is 42.5 Å². The predicted octanol–water partition coefficient (Wildman–Crippen LogP) is 2.79. The lowest BCUT2D eigenvalue weighted by molar-refractivity contribution is -0.143. The van der Waals surface area contributed by atoms with Crippen molar-refractivity contribution in [2.45, 2.75) is 6.04 Å². The largest absolute Gasteiger partial charge is 0.342 e. The first-order valence-corrected chi connectivity index (χ1v) is 11.2. The van der Waals surface area contributed by atoms with Crippen LogP contribution in [0.25, 0.3) is 6.08 Å². The first-order valence-electron chi connectivity index (χ1n) is 11.2. The van der Waals surface area contributed by atoms with Crippen LogP contribution in [0.1, 0.15) is 22.7 Å². The van der Waals surface area contributed by atoms with Crippen LogP contribution in [0.4, 0.5) is 4.79 Å². The number of hydrogen-bond acceptors (Lipinski definition) is 5. The van der Waals surface area contributed by atoms with Crippen molar-refractivity contribution in [2.75, 3.05) is 13.1 Å². The highest BCUT2D eigenvalue weighted by Crippen LogP contribution is 2.32. The third-order valence-electron chi connectivity index (χ3n) is 5.40. The Balaban J connectivity index is 1.42. The lowest BCUT2D eigenvalue weighted by Gasteiger charge is -2.26. The number of carbonyl (C=O) groups is 4. The van der Waals surface area contributed by atoms with E-state index in [-0.39, 0.29) is 19.0 Å². The van der Waals surface area contributed by atoms with Crippen LogP contribution in [0.2, 0.25) is 0 Å². The Morgan fingerprint density at radius 3 is 2.17 bits per heavy atom. The Morgan fingerprint density at radius 1 is 0.889 bits per heavy atom. The van der Waals surface area contributed by atoms with Crippen LogP contribution in [0, 0.1) is 11.8 Å². The summed E-state index contributed by atoms with van der Waals surface area (Å²) in [5, 5.41) is 2.59. The minimum atomic E-state index is -0.936. The summed E-state index contributed by atoms with van der Waals surface area (Å²) >= 11 is 0. The zero-order valence-electron chi connectivity index (χ0n) is 19.2. The fraction of sp³-hybridized carbons (Fsp3) is 0.107. The lowest BCUT2D eigenvalue weighted by atomic mass is 9.97. The van der Waals surface area contributed by atoms with E-state index in [9.17, 15) is 19.2 Å². The van der Waals surface area contributed by atoms with Gasteiger partial charge in [-0.05, 0) is 28.8 Å². The molecule has 1 aliphatic heterocycles. The van der Waals surface area contributed by atoms with Gasteiger partial charge in [-0.2, -0.15) is 0 Å². The predicted molar refractivity (Wildman–Crippen MR) is 133 cm³/mol. The second kappa shape index (κ2) is 11.4. The maximum Gasteiger partial charge on any atom is 0.335 e. The molecule has 2 heterocycles. The maximum atomic E-state index is 13.2. The Bertz CT molecular complexity index is 1310. The molecule has 1 aromatic heterocycles. The highest BCUT2D eigenvalue weighted by molar-refractivity contribution is 6.44. The van der Waals surface area contributed by atoms with E-state index in [1.54, 1.807) is 48.8 Å². The summed E-state index contributed by atoms with van der Waals surface area (Å²) in [5.41, 5.74) is 2.18. The molecule has 4 rings (SSSR count). The summed E-state index contributed by atoms with van der Waals surface area (Å²) < 4.78 is 0. The van der Waals surface area contributed by atoms with Crippen LogP contribution in [-0.2, 0) is 14.4 Å². The van der Waals surface area contributed by atoms with Crippen molar-refractivity contribution in [1.82, 2.24) is 20.1 Å². The van der Waals surface area contributed by atoms with E-state index >= 15 is 0 Å². The third kappa shape index (κ3) is 5.54. The second-order valence-corrected chi connectivity index (χ2v) is 7.76. The van der Waals surface area contributed by atoms with E-state index < -0.39 is 23.9 Å². The van der Waals surface area contributed by atoms with Crippen LogP contribution < -0.4 is 5.32 Å².